The molecule has 0 bridgehead atoms. The number of hydrogen-bond acceptors (Lipinski definition) is 2. The summed E-state index contributed by atoms with van der Waals surface area (Å²) in [7, 11) is 0. The molecule has 0 heterocycles. The van der Waals surface area contributed by atoms with Crippen LogP contribution in [0.25, 0.3) is 0 Å². The zero-order valence-corrected chi connectivity index (χ0v) is 9.99. The smallest absolute Gasteiger partial charge is 0.240 e. The summed E-state index contributed by atoms with van der Waals surface area (Å²) in [6.07, 6.45) is 3.98. The third-order valence-electron chi connectivity index (χ3n) is 2.80. The zero-order valence-electron chi connectivity index (χ0n) is 9.99. The SMILES string of the molecule is C=CCN(C(=O)[C@@H](N)C(C)(C)C)C1CC1. The van der Waals surface area contributed by atoms with E-state index >= 15 is 0 Å². The van der Waals surface area contributed by atoms with E-state index in [1.807, 2.05) is 25.7 Å². The van der Waals surface area contributed by atoms with Crippen molar-refractivity contribution >= 4 is 5.91 Å². The molecule has 1 aliphatic carbocycles. The Morgan fingerprint density at radius 1 is 1.60 bits per heavy atom. The molecule has 0 saturated heterocycles. The lowest BCUT2D eigenvalue weighted by Crippen LogP contribution is -2.51. The van der Waals surface area contributed by atoms with Gasteiger partial charge in [-0.3, -0.25) is 4.79 Å². The third kappa shape index (κ3) is 3.06. The first-order chi connectivity index (χ1) is 6.88. The summed E-state index contributed by atoms with van der Waals surface area (Å²) < 4.78 is 0. The summed E-state index contributed by atoms with van der Waals surface area (Å²) in [6.45, 7) is 10.3. The van der Waals surface area contributed by atoms with Gasteiger partial charge in [0, 0.05) is 12.6 Å². The molecule has 3 nitrogen and oxygen atoms in total. The number of carbonyl (C=O) groups excluding carboxylic acids is 1. The molecule has 2 N–H and O–H groups in total. The van der Waals surface area contributed by atoms with E-state index in [1.165, 1.54) is 0 Å². The van der Waals surface area contributed by atoms with Crippen LogP contribution < -0.4 is 5.73 Å². The standard InChI is InChI=1S/C12H22N2O/c1-5-8-14(9-6-7-9)11(15)10(13)12(2,3)4/h5,9-10H,1,6-8,13H2,2-4H3/t10-/m1/s1. The fourth-order valence-corrected chi connectivity index (χ4v) is 1.49. The molecule has 3 heteroatoms. The van der Waals surface area contributed by atoms with Gasteiger partial charge >= 0.3 is 0 Å². The first-order valence-corrected chi connectivity index (χ1v) is 5.55. The van der Waals surface area contributed by atoms with Crippen LogP contribution in [0.2, 0.25) is 0 Å². The summed E-state index contributed by atoms with van der Waals surface area (Å²) in [5, 5.41) is 0. The average molecular weight is 210 g/mol. The molecule has 1 rings (SSSR count). The summed E-state index contributed by atoms with van der Waals surface area (Å²) >= 11 is 0. The molecule has 0 spiro atoms. The van der Waals surface area contributed by atoms with E-state index in [0.29, 0.717) is 12.6 Å². The van der Waals surface area contributed by atoms with Gasteiger partial charge in [0.1, 0.15) is 0 Å². The molecule has 1 aliphatic rings. The van der Waals surface area contributed by atoms with Gasteiger partial charge in [-0.1, -0.05) is 26.8 Å². The molecule has 0 aromatic heterocycles. The van der Waals surface area contributed by atoms with Gasteiger partial charge in [0.05, 0.1) is 6.04 Å². The number of carbonyl (C=O) groups is 1. The van der Waals surface area contributed by atoms with Gasteiger partial charge in [0.25, 0.3) is 0 Å². The molecule has 0 aliphatic heterocycles. The number of nitrogens with two attached hydrogens (primary N) is 1. The molecule has 86 valence electrons. The van der Waals surface area contributed by atoms with Crippen LogP contribution in [0.5, 0.6) is 0 Å². The Morgan fingerprint density at radius 2 is 2.13 bits per heavy atom. The first kappa shape index (κ1) is 12.2. The lowest BCUT2D eigenvalue weighted by atomic mass is 9.86. The molecule has 15 heavy (non-hydrogen) atoms. The fraction of sp³-hybridized carbons (Fsp3) is 0.750. The van der Waals surface area contributed by atoms with E-state index in [4.69, 9.17) is 5.73 Å². The second-order valence-electron chi connectivity index (χ2n) is 5.35. The van der Waals surface area contributed by atoms with Crippen molar-refractivity contribution in [3.8, 4) is 0 Å². The van der Waals surface area contributed by atoms with E-state index < -0.39 is 6.04 Å². The predicted molar refractivity (Wildman–Crippen MR) is 62.4 cm³/mol. The van der Waals surface area contributed by atoms with Crippen LogP contribution in [0.4, 0.5) is 0 Å². The Hall–Kier alpha value is -0.830. The maximum Gasteiger partial charge on any atom is 0.240 e. The molecular formula is C12H22N2O. The van der Waals surface area contributed by atoms with E-state index in [-0.39, 0.29) is 11.3 Å². The van der Waals surface area contributed by atoms with E-state index in [2.05, 4.69) is 6.58 Å². The van der Waals surface area contributed by atoms with Crippen molar-refractivity contribution in [3.63, 3.8) is 0 Å². The van der Waals surface area contributed by atoms with Gasteiger partial charge < -0.3 is 10.6 Å². The summed E-state index contributed by atoms with van der Waals surface area (Å²) in [4.78, 5) is 14.0. The Kier molecular flexibility index (Phi) is 3.55. The predicted octanol–water partition coefficient (Wildman–Crippen LogP) is 1.54. The molecule has 1 atom stereocenters. The number of nitrogens with zero attached hydrogens (tertiary/aromatic N) is 1. The fourth-order valence-electron chi connectivity index (χ4n) is 1.49. The largest absolute Gasteiger partial charge is 0.335 e. The Balaban J connectivity index is 2.66. The second-order valence-corrected chi connectivity index (χ2v) is 5.35. The van der Waals surface area contributed by atoms with Gasteiger partial charge in [0.15, 0.2) is 0 Å². The Bertz CT molecular complexity index is 251. The summed E-state index contributed by atoms with van der Waals surface area (Å²) in [6, 6.07) is -0.0121. The zero-order chi connectivity index (χ0) is 11.6. The van der Waals surface area contributed by atoms with Gasteiger partial charge in [-0.25, -0.2) is 0 Å². The molecule has 0 unspecified atom stereocenters. The molecule has 1 saturated carbocycles. The molecule has 1 amide bonds. The van der Waals surface area contributed by atoms with Gasteiger partial charge in [0.2, 0.25) is 5.91 Å². The van der Waals surface area contributed by atoms with Crippen LogP contribution in [0.1, 0.15) is 33.6 Å². The molecular weight excluding hydrogens is 188 g/mol. The third-order valence-corrected chi connectivity index (χ3v) is 2.80. The highest BCUT2D eigenvalue weighted by Crippen LogP contribution is 2.29. The minimum Gasteiger partial charge on any atom is -0.335 e. The van der Waals surface area contributed by atoms with Crippen molar-refractivity contribution in [1.82, 2.24) is 4.90 Å². The lowest BCUT2D eigenvalue weighted by molar-refractivity contribution is -0.135. The van der Waals surface area contributed by atoms with E-state index in [0.717, 1.165) is 12.8 Å². The highest BCUT2D eigenvalue weighted by molar-refractivity contribution is 5.83. The first-order valence-electron chi connectivity index (χ1n) is 5.55. The van der Waals surface area contributed by atoms with Gasteiger partial charge in [-0.15, -0.1) is 6.58 Å². The summed E-state index contributed by atoms with van der Waals surface area (Å²) in [5.41, 5.74) is 5.79. The van der Waals surface area contributed by atoms with Crippen LogP contribution >= 0.6 is 0 Å². The number of hydrogen-bond donors (Lipinski definition) is 1. The highest BCUT2D eigenvalue weighted by Gasteiger charge is 2.37. The van der Waals surface area contributed by atoms with Crippen molar-refractivity contribution in [2.45, 2.75) is 45.7 Å². The van der Waals surface area contributed by atoms with E-state index in [1.54, 1.807) is 6.08 Å². The normalized spacial score (nSPS) is 18.4. The number of rotatable bonds is 4. The topological polar surface area (TPSA) is 46.3 Å². The molecule has 0 aromatic carbocycles. The summed E-state index contributed by atoms with van der Waals surface area (Å²) in [5.74, 6) is 0.0601. The van der Waals surface area contributed by atoms with Gasteiger partial charge in [-0.05, 0) is 18.3 Å². The van der Waals surface area contributed by atoms with Crippen LogP contribution in [0, 0.1) is 5.41 Å². The minimum atomic E-state index is -0.418. The minimum absolute atomic E-state index is 0.0601. The monoisotopic (exact) mass is 210 g/mol. The van der Waals surface area contributed by atoms with Crippen LogP contribution in [-0.4, -0.2) is 29.4 Å². The number of amides is 1. The van der Waals surface area contributed by atoms with Crippen molar-refractivity contribution < 1.29 is 4.79 Å². The average Bonchev–Trinajstić information content (AvgIpc) is 2.93. The van der Waals surface area contributed by atoms with Crippen molar-refractivity contribution in [2.24, 2.45) is 11.1 Å². The second kappa shape index (κ2) is 4.35. The van der Waals surface area contributed by atoms with Crippen molar-refractivity contribution in [1.29, 1.82) is 0 Å². The Morgan fingerprint density at radius 3 is 2.47 bits per heavy atom. The quantitative estimate of drug-likeness (QED) is 0.715. The molecule has 0 radical (unpaired) electrons. The highest BCUT2D eigenvalue weighted by atomic mass is 16.2. The lowest BCUT2D eigenvalue weighted by Gasteiger charge is -2.31. The molecule has 0 aromatic rings. The van der Waals surface area contributed by atoms with Crippen molar-refractivity contribution in [3.05, 3.63) is 12.7 Å². The Labute approximate surface area is 92.3 Å². The van der Waals surface area contributed by atoms with Crippen LogP contribution in [0.3, 0.4) is 0 Å². The maximum absolute atomic E-state index is 12.1. The maximum atomic E-state index is 12.1. The molecule has 1 fully saturated rings. The van der Waals surface area contributed by atoms with Crippen LogP contribution in [-0.2, 0) is 4.79 Å². The van der Waals surface area contributed by atoms with E-state index in [9.17, 15) is 4.79 Å². The van der Waals surface area contributed by atoms with Crippen LogP contribution in [0.15, 0.2) is 12.7 Å². The van der Waals surface area contributed by atoms with Crippen molar-refractivity contribution in [2.75, 3.05) is 6.54 Å². The van der Waals surface area contributed by atoms with Gasteiger partial charge in [-0.2, -0.15) is 0 Å².